The molecule has 0 unspecified atom stereocenters. The van der Waals surface area contributed by atoms with Crippen molar-refractivity contribution in [3.63, 3.8) is 0 Å². The highest BCUT2D eigenvalue weighted by atomic mass is 35.5. The van der Waals surface area contributed by atoms with Crippen LogP contribution in [-0.4, -0.2) is 37.3 Å². The van der Waals surface area contributed by atoms with Gasteiger partial charge in [0.1, 0.15) is 11.8 Å². The smallest absolute Gasteiger partial charge is 0.338 e. The molecule has 1 saturated heterocycles. The topological polar surface area (TPSA) is 73.1 Å². The normalized spacial score (nSPS) is 17.3. The Balaban J connectivity index is 1.69. The quantitative estimate of drug-likeness (QED) is 0.365. The van der Waals surface area contributed by atoms with Crippen molar-refractivity contribution < 1.29 is 14.3 Å². The van der Waals surface area contributed by atoms with E-state index in [0.717, 1.165) is 25.1 Å². The lowest BCUT2D eigenvalue weighted by Gasteiger charge is -2.27. The van der Waals surface area contributed by atoms with Crippen LogP contribution in [0.2, 0.25) is 5.02 Å². The van der Waals surface area contributed by atoms with E-state index in [1.54, 1.807) is 36.8 Å². The maximum Gasteiger partial charge on any atom is 0.338 e. The minimum Gasteiger partial charge on any atom is -0.496 e. The van der Waals surface area contributed by atoms with Gasteiger partial charge in [-0.15, -0.1) is 0 Å². The summed E-state index contributed by atoms with van der Waals surface area (Å²) in [5, 5.41) is 0.475. The molecule has 0 bridgehead atoms. The molecule has 0 amide bonds. The number of carbonyl (C=O) groups excluding carboxylic acids is 1. The number of allylic oxidation sites excluding steroid dienone is 1. The minimum absolute atomic E-state index is 0.207. The second-order valence-corrected chi connectivity index (χ2v) is 11.0. The van der Waals surface area contributed by atoms with Crippen LogP contribution in [-0.2, 0) is 9.53 Å². The number of hydrogen-bond donors (Lipinski definition) is 0. The Hall–Kier alpha value is -3.36. The van der Waals surface area contributed by atoms with Crippen molar-refractivity contribution in [2.24, 2.45) is 4.99 Å². The van der Waals surface area contributed by atoms with E-state index in [4.69, 9.17) is 26.1 Å². The first-order valence-electron chi connectivity index (χ1n) is 13.4. The predicted octanol–water partition coefficient (Wildman–Crippen LogP) is 4.84. The Kier molecular flexibility index (Phi) is 8.23. The maximum absolute atomic E-state index is 14.0. The fraction of sp³-hybridized carbons (Fsp3) is 0.367. The molecule has 9 heteroatoms. The molecule has 1 aromatic heterocycles. The van der Waals surface area contributed by atoms with Gasteiger partial charge in [0, 0.05) is 29.4 Å². The molecular formula is C30H32ClN3O4S. The Bertz CT molecular complexity index is 1580. The number of nitrogens with zero attached hydrogens (tertiary/aromatic N) is 3. The number of halogens is 1. The lowest BCUT2D eigenvalue weighted by molar-refractivity contribution is -0.139. The average molecular weight is 566 g/mol. The molecule has 0 N–H and O–H groups in total. The number of carbonyl (C=O) groups is 1. The number of anilines is 1. The van der Waals surface area contributed by atoms with E-state index in [2.05, 4.69) is 17.0 Å². The van der Waals surface area contributed by atoms with Gasteiger partial charge in [-0.3, -0.25) is 9.36 Å². The predicted molar refractivity (Wildman–Crippen MR) is 156 cm³/mol. The van der Waals surface area contributed by atoms with Crippen molar-refractivity contribution in [1.29, 1.82) is 0 Å². The summed E-state index contributed by atoms with van der Waals surface area (Å²) >= 11 is 7.73. The second kappa shape index (κ2) is 11.8. The zero-order valence-electron chi connectivity index (χ0n) is 22.4. The number of rotatable bonds is 8. The highest BCUT2D eigenvalue weighted by molar-refractivity contribution is 7.07. The number of aromatic nitrogens is 1. The number of methoxy groups -OCH3 is 1. The standard InChI is InChI=1S/C30H32ClN3O4S/c1-4-8-23-26(29(36)38-5-2)27(22-18-20(31)11-14-24(22)37-3)34-28(35)25(39-30(34)32-23)17-19-9-12-21(13-10-19)33-15-6-7-16-33/h9-14,17-18,27H,4-8,15-16H2,1-3H3/b25-17-/t27-/m1/s1. The molecular weight excluding hydrogens is 534 g/mol. The van der Waals surface area contributed by atoms with Gasteiger partial charge >= 0.3 is 5.97 Å². The third kappa shape index (κ3) is 5.40. The van der Waals surface area contributed by atoms with Crippen LogP contribution < -0.4 is 24.5 Å². The van der Waals surface area contributed by atoms with Crippen LogP contribution in [0.5, 0.6) is 5.75 Å². The Morgan fingerprint density at radius 2 is 1.90 bits per heavy atom. The van der Waals surface area contributed by atoms with Gasteiger partial charge in [-0.25, -0.2) is 9.79 Å². The maximum atomic E-state index is 14.0. The molecule has 3 aromatic rings. The van der Waals surface area contributed by atoms with Gasteiger partial charge in [-0.2, -0.15) is 0 Å². The van der Waals surface area contributed by atoms with Gasteiger partial charge in [0.2, 0.25) is 0 Å². The van der Waals surface area contributed by atoms with Gasteiger partial charge in [0.25, 0.3) is 5.56 Å². The molecule has 2 aliphatic heterocycles. The number of hydrogen-bond acceptors (Lipinski definition) is 7. The summed E-state index contributed by atoms with van der Waals surface area (Å²) in [6, 6.07) is 12.7. The lowest BCUT2D eigenvalue weighted by atomic mass is 9.93. The molecule has 0 aliphatic carbocycles. The molecule has 0 radical (unpaired) electrons. The van der Waals surface area contributed by atoms with Crippen LogP contribution in [0, 0.1) is 0 Å². The molecule has 2 aliphatic rings. The zero-order chi connectivity index (χ0) is 27.5. The van der Waals surface area contributed by atoms with E-state index < -0.39 is 12.0 Å². The lowest BCUT2D eigenvalue weighted by Crippen LogP contribution is -2.40. The monoisotopic (exact) mass is 565 g/mol. The Morgan fingerprint density at radius 1 is 1.15 bits per heavy atom. The van der Waals surface area contributed by atoms with Crippen molar-refractivity contribution in [2.75, 3.05) is 31.7 Å². The van der Waals surface area contributed by atoms with Crippen LogP contribution in [0.15, 0.2) is 63.5 Å². The summed E-state index contributed by atoms with van der Waals surface area (Å²) in [6.45, 7) is 6.15. The highest BCUT2D eigenvalue weighted by Crippen LogP contribution is 2.38. The highest BCUT2D eigenvalue weighted by Gasteiger charge is 2.36. The Morgan fingerprint density at radius 3 is 2.56 bits per heavy atom. The third-order valence-electron chi connectivity index (χ3n) is 7.04. The van der Waals surface area contributed by atoms with E-state index in [1.165, 1.54) is 29.9 Å². The molecule has 39 heavy (non-hydrogen) atoms. The average Bonchev–Trinajstić information content (AvgIpc) is 3.57. The molecule has 1 atom stereocenters. The molecule has 2 aromatic carbocycles. The summed E-state index contributed by atoms with van der Waals surface area (Å²) in [5.74, 6) is 0.0273. The van der Waals surface area contributed by atoms with Crippen molar-refractivity contribution in [1.82, 2.24) is 4.57 Å². The van der Waals surface area contributed by atoms with Crippen LogP contribution in [0.25, 0.3) is 6.08 Å². The summed E-state index contributed by atoms with van der Waals surface area (Å²) in [4.78, 5) is 35.1. The van der Waals surface area contributed by atoms with Gasteiger partial charge < -0.3 is 14.4 Å². The van der Waals surface area contributed by atoms with Gasteiger partial charge in [-0.1, -0.05) is 48.4 Å². The van der Waals surface area contributed by atoms with Gasteiger partial charge in [-0.05, 0) is 68.2 Å². The number of esters is 1. The van der Waals surface area contributed by atoms with Crippen LogP contribution in [0.3, 0.4) is 0 Å². The summed E-state index contributed by atoms with van der Waals surface area (Å²) in [7, 11) is 1.56. The van der Waals surface area contributed by atoms with Gasteiger partial charge in [0.15, 0.2) is 4.80 Å². The molecule has 0 spiro atoms. The van der Waals surface area contributed by atoms with Crippen LogP contribution >= 0.6 is 22.9 Å². The summed E-state index contributed by atoms with van der Waals surface area (Å²) in [5.41, 5.74) is 3.46. The first-order chi connectivity index (χ1) is 18.9. The van der Waals surface area contributed by atoms with E-state index in [1.807, 2.05) is 25.1 Å². The molecule has 7 nitrogen and oxygen atoms in total. The third-order valence-corrected chi connectivity index (χ3v) is 8.26. The molecule has 5 rings (SSSR count). The first-order valence-corrected chi connectivity index (χ1v) is 14.5. The second-order valence-electron chi connectivity index (χ2n) is 9.59. The van der Waals surface area contributed by atoms with Crippen molar-refractivity contribution >= 4 is 40.7 Å². The SMILES string of the molecule is CCCC1=C(C(=O)OCC)[C@@H](c2cc(Cl)ccc2OC)n2c(s/c(=C\c3ccc(N4CCCC4)cc3)c2=O)=N1. The van der Waals surface area contributed by atoms with Crippen molar-refractivity contribution in [3.05, 3.63) is 89.6 Å². The van der Waals surface area contributed by atoms with Crippen LogP contribution in [0.4, 0.5) is 5.69 Å². The largest absolute Gasteiger partial charge is 0.496 e. The summed E-state index contributed by atoms with van der Waals surface area (Å²) < 4.78 is 13.2. The van der Waals surface area contributed by atoms with E-state index in [9.17, 15) is 9.59 Å². The fourth-order valence-corrected chi connectivity index (χ4v) is 6.44. The number of ether oxygens (including phenoxy) is 2. The van der Waals surface area contributed by atoms with E-state index in [0.29, 0.717) is 43.4 Å². The molecule has 0 saturated carbocycles. The summed E-state index contributed by atoms with van der Waals surface area (Å²) in [6.07, 6.45) is 5.66. The molecule has 204 valence electrons. The van der Waals surface area contributed by atoms with Crippen LogP contribution in [0.1, 0.15) is 56.7 Å². The fourth-order valence-electron chi connectivity index (χ4n) is 5.24. The first kappa shape index (κ1) is 27.2. The Labute approximate surface area is 236 Å². The minimum atomic E-state index is -0.782. The zero-order valence-corrected chi connectivity index (χ0v) is 24.0. The van der Waals surface area contributed by atoms with E-state index >= 15 is 0 Å². The van der Waals surface area contributed by atoms with Gasteiger partial charge in [0.05, 0.1) is 29.5 Å². The number of benzene rings is 2. The van der Waals surface area contributed by atoms with Crippen molar-refractivity contribution in [3.8, 4) is 5.75 Å². The molecule has 1 fully saturated rings. The molecule has 3 heterocycles. The van der Waals surface area contributed by atoms with Crippen molar-refractivity contribution in [2.45, 2.75) is 45.6 Å². The number of fused-ring (bicyclic) bond motifs is 1. The number of thiazole rings is 1. The van der Waals surface area contributed by atoms with E-state index in [-0.39, 0.29) is 12.2 Å².